The molecule has 0 nitrogen and oxygen atoms in total. The lowest BCUT2D eigenvalue weighted by atomic mass is 9.95. The van der Waals surface area contributed by atoms with E-state index in [1.54, 1.807) is 6.07 Å². The first-order valence-corrected chi connectivity index (χ1v) is 5.51. The minimum atomic E-state index is -0.162. The zero-order valence-corrected chi connectivity index (χ0v) is 9.44. The molecule has 0 amide bonds. The largest absolute Gasteiger partial charge is 0.207 e. The zero-order chi connectivity index (χ0) is 10.6. The molecular formula is C12H16ClF. The SMILES string of the molecule is CCC(CCl)Cc1ccc(F)cc1C. The highest BCUT2D eigenvalue weighted by Crippen LogP contribution is 2.17. The van der Waals surface area contributed by atoms with E-state index >= 15 is 0 Å². The minimum absolute atomic E-state index is 0.162. The van der Waals surface area contributed by atoms with Crippen molar-refractivity contribution in [2.45, 2.75) is 26.7 Å². The molecule has 1 unspecified atom stereocenters. The van der Waals surface area contributed by atoms with Crippen LogP contribution in [-0.2, 0) is 6.42 Å². The van der Waals surface area contributed by atoms with E-state index in [2.05, 4.69) is 6.92 Å². The van der Waals surface area contributed by atoms with Gasteiger partial charge in [0.1, 0.15) is 5.82 Å². The fourth-order valence-electron chi connectivity index (χ4n) is 1.51. The van der Waals surface area contributed by atoms with Gasteiger partial charge >= 0.3 is 0 Å². The number of aryl methyl sites for hydroxylation is 1. The molecule has 14 heavy (non-hydrogen) atoms. The minimum Gasteiger partial charge on any atom is -0.207 e. The van der Waals surface area contributed by atoms with Gasteiger partial charge in [0.2, 0.25) is 0 Å². The van der Waals surface area contributed by atoms with Crippen LogP contribution in [0.4, 0.5) is 4.39 Å². The van der Waals surface area contributed by atoms with E-state index in [0.717, 1.165) is 18.4 Å². The molecule has 0 aliphatic rings. The van der Waals surface area contributed by atoms with Crippen molar-refractivity contribution < 1.29 is 4.39 Å². The van der Waals surface area contributed by atoms with E-state index in [1.807, 2.05) is 13.0 Å². The summed E-state index contributed by atoms with van der Waals surface area (Å²) in [5.41, 5.74) is 2.23. The highest BCUT2D eigenvalue weighted by molar-refractivity contribution is 6.18. The van der Waals surface area contributed by atoms with E-state index < -0.39 is 0 Å². The van der Waals surface area contributed by atoms with Crippen LogP contribution < -0.4 is 0 Å². The van der Waals surface area contributed by atoms with Crippen LogP contribution in [0.3, 0.4) is 0 Å². The maximum absolute atomic E-state index is 12.8. The highest BCUT2D eigenvalue weighted by atomic mass is 35.5. The van der Waals surface area contributed by atoms with Crippen LogP contribution in [0.1, 0.15) is 24.5 Å². The van der Waals surface area contributed by atoms with Gasteiger partial charge in [0, 0.05) is 5.88 Å². The number of hydrogen-bond donors (Lipinski definition) is 0. The Hall–Kier alpha value is -0.560. The van der Waals surface area contributed by atoms with Crippen molar-refractivity contribution >= 4 is 11.6 Å². The van der Waals surface area contributed by atoms with Gasteiger partial charge in [-0.1, -0.05) is 19.4 Å². The average molecular weight is 215 g/mol. The van der Waals surface area contributed by atoms with E-state index in [-0.39, 0.29) is 5.82 Å². The first kappa shape index (κ1) is 11.5. The van der Waals surface area contributed by atoms with E-state index in [1.165, 1.54) is 11.6 Å². The third-order valence-corrected chi connectivity index (χ3v) is 3.05. The molecule has 0 N–H and O–H groups in total. The molecule has 0 bridgehead atoms. The average Bonchev–Trinajstić information content (AvgIpc) is 2.17. The first-order chi connectivity index (χ1) is 6.67. The maximum Gasteiger partial charge on any atom is 0.123 e. The van der Waals surface area contributed by atoms with Crippen LogP contribution in [-0.4, -0.2) is 5.88 Å². The van der Waals surface area contributed by atoms with Crippen molar-refractivity contribution in [2.75, 3.05) is 5.88 Å². The zero-order valence-electron chi connectivity index (χ0n) is 8.69. The molecule has 1 aromatic carbocycles. The Morgan fingerprint density at radius 2 is 2.14 bits per heavy atom. The van der Waals surface area contributed by atoms with E-state index in [9.17, 15) is 4.39 Å². The Kier molecular flexibility index (Phi) is 4.40. The number of alkyl halides is 1. The summed E-state index contributed by atoms with van der Waals surface area (Å²) in [5, 5.41) is 0. The van der Waals surface area contributed by atoms with Gasteiger partial charge < -0.3 is 0 Å². The van der Waals surface area contributed by atoms with Gasteiger partial charge in [0.05, 0.1) is 0 Å². The number of rotatable bonds is 4. The van der Waals surface area contributed by atoms with Gasteiger partial charge in [-0.15, -0.1) is 11.6 Å². The predicted molar refractivity (Wildman–Crippen MR) is 59.3 cm³/mol. The summed E-state index contributed by atoms with van der Waals surface area (Å²) in [7, 11) is 0. The third-order valence-electron chi connectivity index (χ3n) is 2.61. The van der Waals surface area contributed by atoms with Crippen molar-refractivity contribution in [3.8, 4) is 0 Å². The van der Waals surface area contributed by atoms with Crippen LogP contribution in [0.15, 0.2) is 18.2 Å². The van der Waals surface area contributed by atoms with Crippen LogP contribution in [0, 0.1) is 18.7 Å². The Morgan fingerprint density at radius 3 is 2.64 bits per heavy atom. The summed E-state index contributed by atoms with van der Waals surface area (Å²) in [6.07, 6.45) is 2.02. The second-order valence-corrected chi connectivity index (χ2v) is 4.01. The number of benzene rings is 1. The third kappa shape index (κ3) is 2.98. The van der Waals surface area contributed by atoms with Gasteiger partial charge in [0.25, 0.3) is 0 Å². The molecule has 0 fully saturated rings. The van der Waals surface area contributed by atoms with Crippen molar-refractivity contribution in [3.05, 3.63) is 35.1 Å². The molecule has 1 aromatic rings. The predicted octanol–water partition coefficient (Wildman–Crippen LogP) is 3.94. The highest BCUT2D eigenvalue weighted by Gasteiger charge is 2.08. The lowest BCUT2D eigenvalue weighted by molar-refractivity contribution is 0.563. The number of halogens is 2. The fourth-order valence-corrected chi connectivity index (χ4v) is 1.83. The van der Waals surface area contributed by atoms with Crippen LogP contribution in [0.2, 0.25) is 0 Å². The van der Waals surface area contributed by atoms with Gasteiger partial charge in [-0.2, -0.15) is 0 Å². The molecule has 2 heteroatoms. The molecule has 0 saturated carbocycles. The molecule has 78 valence electrons. The Labute approximate surface area is 90.1 Å². The molecule has 1 rings (SSSR count). The molecule has 0 aliphatic heterocycles. The van der Waals surface area contributed by atoms with Crippen LogP contribution in [0.5, 0.6) is 0 Å². The smallest absolute Gasteiger partial charge is 0.123 e. The second kappa shape index (κ2) is 5.35. The van der Waals surface area contributed by atoms with Crippen molar-refractivity contribution in [2.24, 2.45) is 5.92 Å². The summed E-state index contributed by atoms with van der Waals surface area (Å²) in [6, 6.07) is 4.96. The van der Waals surface area contributed by atoms with Crippen LogP contribution in [0.25, 0.3) is 0 Å². The Morgan fingerprint density at radius 1 is 1.43 bits per heavy atom. The van der Waals surface area contributed by atoms with E-state index in [0.29, 0.717) is 11.8 Å². The summed E-state index contributed by atoms with van der Waals surface area (Å²) < 4.78 is 12.8. The van der Waals surface area contributed by atoms with Crippen molar-refractivity contribution in [1.29, 1.82) is 0 Å². The Balaban J connectivity index is 2.76. The molecule has 0 heterocycles. The van der Waals surface area contributed by atoms with Gasteiger partial charge in [-0.25, -0.2) is 4.39 Å². The molecule has 0 radical (unpaired) electrons. The Bertz CT molecular complexity index is 292. The normalized spacial score (nSPS) is 12.9. The molecule has 0 saturated heterocycles. The molecular weight excluding hydrogens is 199 g/mol. The fraction of sp³-hybridized carbons (Fsp3) is 0.500. The lowest BCUT2D eigenvalue weighted by Crippen LogP contribution is -2.06. The number of hydrogen-bond acceptors (Lipinski definition) is 0. The van der Waals surface area contributed by atoms with Gasteiger partial charge in [-0.05, 0) is 42.5 Å². The lowest BCUT2D eigenvalue weighted by Gasteiger charge is -2.12. The monoisotopic (exact) mass is 214 g/mol. The maximum atomic E-state index is 12.8. The summed E-state index contributed by atoms with van der Waals surface area (Å²) >= 11 is 5.83. The summed E-state index contributed by atoms with van der Waals surface area (Å²) in [5.74, 6) is 1.01. The van der Waals surface area contributed by atoms with Gasteiger partial charge in [0.15, 0.2) is 0 Å². The second-order valence-electron chi connectivity index (χ2n) is 3.70. The summed E-state index contributed by atoms with van der Waals surface area (Å²) in [6.45, 7) is 4.07. The molecule has 1 atom stereocenters. The van der Waals surface area contributed by atoms with Crippen molar-refractivity contribution in [1.82, 2.24) is 0 Å². The standard InChI is InChI=1S/C12H16ClF/c1-3-10(8-13)7-11-4-5-12(14)6-9(11)2/h4-6,10H,3,7-8H2,1-2H3. The van der Waals surface area contributed by atoms with Crippen LogP contribution >= 0.6 is 11.6 Å². The first-order valence-electron chi connectivity index (χ1n) is 4.98. The molecule has 0 aromatic heterocycles. The molecule has 0 spiro atoms. The quantitative estimate of drug-likeness (QED) is 0.666. The summed E-state index contributed by atoms with van der Waals surface area (Å²) in [4.78, 5) is 0. The van der Waals surface area contributed by atoms with Gasteiger partial charge in [-0.3, -0.25) is 0 Å². The topological polar surface area (TPSA) is 0 Å². The molecule has 0 aliphatic carbocycles. The van der Waals surface area contributed by atoms with E-state index in [4.69, 9.17) is 11.6 Å². The van der Waals surface area contributed by atoms with Crippen molar-refractivity contribution in [3.63, 3.8) is 0 Å².